The van der Waals surface area contributed by atoms with Gasteiger partial charge in [0.25, 0.3) is 0 Å². The van der Waals surface area contributed by atoms with Crippen LogP contribution in [0.4, 0.5) is 0 Å². The molecule has 1 heterocycles. The van der Waals surface area contributed by atoms with E-state index in [9.17, 15) is 0 Å². The first kappa shape index (κ1) is 12.3. The highest BCUT2D eigenvalue weighted by molar-refractivity contribution is 8.03. The maximum absolute atomic E-state index is 9.07. The predicted octanol–water partition coefficient (Wildman–Crippen LogP) is 1.06. The van der Waals surface area contributed by atoms with E-state index in [1.165, 1.54) is 23.1 Å². The maximum atomic E-state index is 9.07. The van der Waals surface area contributed by atoms with Crippen LogP contribution < -0.4 is 5.73 Å². The Morgan fingerprint density at radius 1 is 1.50 bits per heavy atom. The average Bonchev–Trinajstić information content (AvgIpc) is 2.61. The number of aliphatic hydroxyl groups is 1. The van der Waals surface area contributed by atoms with Crippen molar-refractivity contribution in [2.75, 3.05) is 12.9 Å². The first-order chi connectivity index (χ1) is 6.67. The van der Waals surface area contributed by atoms with Crippen LogP contribution in [-0.4, -0.2) is 39.5 Å². The summed E-state index contributed by atoms with van der Waals surface area (Å²) in [5.41, 5.74) is 5.70. The molecule has 0 fully saturated rings. The van der Waals surface area contributed by atoms with Gasteiger partial charge >= 0.3 is 0 Å². The molecule has 0 saturated carbocycles. The molecule has 14 heavy (non-hydrogen) atoms. The van der Waals surface area contributed by atoms with Gasteiger partial charge < -0.3 is 10.8 Å². The molecule has 1 aromatic rings. The third-order valence-corrected chi connectivity index (χ3v) is 4.98. The summed E-state index contributed by atoms with van der Waals surface area (Å²) >= 11 is 4.59. The molecule has 2 atom stereocenters. The number of hydrogen-bond donors (Lipinski definition) is 2. The SMILES string of the molecule is CSc1nnc(SC(CO)C(C)N)s1. The first-order valence-electron chi connectivity index (χ1n) is 4.08. The van der Waals surface area contributed by atoms with Crippen LogP contribution in [0.25, 0.3) is 0 Å². The predicted molar refractivity (Wildman–Crippen MR) is 62.1 cm³/mol. The van der Waals surface area contributed by atoms with Crippen molar-refractivity contribution in [1.82, 2.24) is 10.2 Å². The Kier molecular flexibility index (Phi) is 5.18. The zero-order valence-corrected chi connectivity index (χ0v) is 10.5. The van der Waals surface area contributed by atoms with Crippen LogP contribution in [-0.2, 0) is 0 Å². The lowest BCUT2D eigenvalue weighted by Crippen LogP contribution is -2.31. The van der Waals surface area contributed by atoms with Crippen molar-refractivity contribution in [3.63, 3.8) is 0 Å². The van der Waals surface area contributed by atoms with Gasteiger partial charge in [0.1, 0.15) is 0 Å². The molecule has 1 aromatic heterocycles. The second-order valence-electron chi connectivity index (χ2n) is 2.74. The van der Waals surface area contributed by atoms with Gasteiger partial charge in [0.15, 0.2) is 8.68 Å². The van der Waals surface area contributed by atoms with E-state index in [1.807, 2.05) is 13.2 Å². The quantitative estimate of drug-likeness (QED) is 0.763. The summed E-state index contributed by atoms with van der Waals surface area (Å²) in [5, 5.41) is 17.0. The van der Waals surface area contributed by atoms with E-state index in [2.05, 4.69) is 10.2 Å². The molecule has 3 N–H and O–H groups in total. The number of thioether (sulfide) groups is 2. The smallest absolute Gasteiger partial charge is 0.175 e. The van der Waals surface area contributed by atoms with Gasteiger partial charge in [0.05, 0.1) is 6.61 Å². The highest BCUT2D eigenvalue weighted by Gasteiger charge is 2.16. The summed E-state index contributed by atoms with van der Waals surface area (Å²) in [7, 11) is 0. The van der Waals surface area contributed by atoms with Crippen LogP contribution in [0, 0.1) is 0 Å². The van der Waals surface area contributed by atoms with Crippen LogP contribution in [0.3, 0.4) is 0 Å². The molecule has 0 aromatic carbocycles. The molecule has 0 aliphatic heterocycles. The average molecular weight is 251 g/mol. The standard InChI is InChI=1S/C7H13N3OS3/c1-4(8)5(3-11)13-7-10-9-6(12-2)14-7/h4-5,11H,3,8H2,1-2H3. The largest absolute Gasteiger partial charge is 0.395 e. The molecular formula is C7H13N3OS3. The fourth-order valence-corrected chi connectivity index (χ4v) is 3.37. The number of rotatable bonds is 5. The molecule has 0 aliphatic carbocycles. The van der Waals surface area contributed by atoms with Gasteiger partial charge in [0, 0.05) is 11.3 Å². The molecule has 0 aliphatic rings. The summed E-state index contributed by atoms with van der Waals surface area (Å²) in [6, 6.07) is -0.0494. The minimum Gasteiger partial charge on any atom is -0.395 e. The Labute approximate surface area is 95.7 Å². The lowest BCUT2D eigenvalue weighted by Gasteiger charge is -2.14. The molecular weight excluding hydrogens is 238 g/mol. The molecule has 0 spiro atoms. The minimum absolute atomic E-state index is 0.00217. The van der Waals surface area contributed by atoms with Crippen molar-refractivity contribution in [2.45, 2.75) is 26.9 Å². The third-order valence-electron chi connectivity index (χ3n) is 1.58. The van der Waals surface area contributed by atoms with Crippen molar-refractivity contribution in [3.05, 3.63) is 0 Å². The summed E-state index contributed by atoms with van der Waals surface area (Å²) in [4.78, 5) is 0. The second kappa shape index (κ2) is 5.92. The molecule has 7 heteroatoms. The van der Waals surface area contributed by atoms with Crippen molar-refractivity contribution in [3.8, 4) is 0 Å². The van der Waals surface area contributed by atoms with Gasteiger partial charge in [-0.25, -0.2) is 0 Å². The van der Waals surface area contributed by atoms with E-state index in [0.717, 1.165) is 8.68 Å². The lowest BCUT2D eigenvalue weighted by molar-refractivity contribution is 0.285. The van der Waals surface area contributed by atoms with Gasteiger partial charge in [-0.15, -0.1) is 10.2 Å². The Balaban J connectivity index is 2.57. The molecule has 0 radical (unpaired) electrons. The summed E-state index contributed by atoms with van der Waals surface area (Å²) in [6.07, 6.45) is 1.96. The third kappa shape index (κ3) is 3.39. The summed E-state index contributed by atoms with van der Waals surface area (Å²) < 4.78 is 1.81. The van der Waals surface area contributed by atoms with Crippen molar-refractivity contribution >= 4 is 34.9 Å². The molecule has 0 amide bonds. The molecule has 80 valence electrons. The Hall–Kier alpha value is 0.180. The number of nitrogens with two attached hydrogens (primary N) is 1. The molecule has 4 nitrogen and oxygen atoms in total. The van der Waals surface area contributed by atoms with E-state index >= 15 is 0 Å². The Morgan fingerprint density at radius 3 is 2.57 bits per heavy atom. The fraction of sp³-hybridized carbons (Fsp3) is 0.714. The van der Waals surface area contributed by atoms with Crippen molar-refractivity contribution in [1.29, 1.82) is 0 Å². The highest BCUT2D eigenvalue weighted by atomic mass is 32.2. The van der Waals surface area contributed by atoms with Gasteiger partial charge in [0.2, 0.25) is 0 Å². The first-order valence-corrected chi connectivity index (χ1v) is 7.00. The Bertz CT molecular complexity index is 279. The van der Waals surface area contributed by atoms with E-state index in [-0.39, 0.29) is 17.9 Å². The van der Waals surface area contributed by atoms with Gasteiger partial charge in [-0.2, -0.15) is 0 Å². The lowest BCUT2D eigenvalue weighted by atomic mass is 10.3. The molecule has 0 bridgehead atoms. The summed E-state index contributed by atoms with van der Waals surface area (Å²) in [6.45, 7) is 1.95. The van der Waals surface area contributed by atoms with E-state index in [1.54, 1.807) is 11.8 Å². The van der Waals surface area contributed by atoms with Crippen LogP contribution >= 0.6 is 34.9 Å². The van der Waals surface area contributed by atoms with Gasteiger partial charge in [-0.3, -0.25) is 0 Å². The zero-order chi connectivity index (χ0) is 10.6. The highest BCUT2D eigenvalue weighted by Crippen LogP contribution is 2.30. The monoisotopic (exact) mass is 251 g/mol. The normalized spacial score (nSPS) is 15.4. The Morgan fingerprint density at radius 2 is 2.14 bits per heavy atom. The van der Waals surface area contributed by atoms with Gasteiger partial charge in [-0.05, 0) is 13.2 Å². The van der Waals surface area contributed by atoms with Gasteiger partial charge in [-0.1, -0.05) is 34.9 Å². The number of nitrogens with zero attached hydrogens (tertiary/aromatic N) is 2. The van der Waals surface area contributed by atoms with E-state index in [4.69, 9.17) is 10.8 Å². The molecule has 2 unspecified atom stereocenters. The molecule has 1 rings (SSSR count). The van der Waals surface area contributed by atoms with Crippen LogP contribution in [0.15, 0.2) is 8.68 Å². The van der Waals surface area contributed by atoms with Crippen LogP contribution in [0.1, 0.15) is 6.92 Å². The van der Waals surface area contributed by atoms with Crippen molar-refractivity contribution in [2.24, 2.45) is 5.73 Å². The number of aliphatic hydroxyl groups excluding tert-OH is 1. The van der Waals surface area contributed by atoms with Crippen molar-refractivity contribution < 1.29 is 5.11 Å². The maximum Gasteiger partial charge on any atom is 0.175 e. The van der Waals surface area contributed by atoms with E-state index in [0.29, 0.717) is 0 Å². The van der Waals surface area contributed by atoms with Crippen LogP contribution in [0.5, 0.6) is 0 Å². The second-order valence-corrected chi connectivity index (χ2v) is 6.25. The van der Waals surface area contributed by atoms with Crippen LogP contribution in [0.2, 0.25) is 0 Å². The number of hydrogen-bond acceptors (Lipinski definition) is 7. The number of aromatic nitrogens is 2. The topological polar surface area (TPSA) is 72.0 Å². The molecule has 0 saturated heterocycles. The summed E-state index contributed by atoms with van der Waals surface area (Å²) in [5.74, 6) is 0. The minimum atomic E-state index is -0.0494. The van der Waals surface area contributed by atoms with E-state index < -0.39 is 0 Å². The fourth-order valence-electron chi connectivity index (χ4n) is 0.768. The zero-order valence-electron chi connectivity index (χ0n) is 8.01.